The molecule has 63 heavy (non-hydrogen) atoms. The fourth-order valence-corrected chi connectivity index (χ4v) is 8.69. The average Bonchev–Trinajstić information content (AvgIpc) is 3.63. The van der Waals surface area contributed by atoms with Crippen LogP contribution in [0.25, 0.3) is 17.4 Å². The second-order valence-corrected chi connectivity index (χ2v) is 19.3. The molecule has 19 heteroatoms. The van der Waals surface area contributed by atoms with Gasteiger partial charge in [-0.2, -0.15) is 0 Å². The van der Waals surface area contributed by atoms with E-state index in [9.17, 15) is 40.3 Å². The van der Waals surface area contributed by atoms with Crippen LogP contribution in [0.4, 0.5) is 5.69 Å². The molecule has 0 spiro atoms. The van der Waals surface area contributed by atoms with Crippen LogP contribution in [0.5, 0.6) is 0 Å². The largest absolute Gasteiger partial charge is 1.00 e. The number of benzene rings is 2. The molecule has 1 aromatic carbocycles. The van der Waals surface area contributed by atoms with Gasteiger partial charge in [-0.25, -0.2) is 26.2 Å². The summed E-state index contributed by atoms with van der Waals surface area (Å²) in [6.07, 6.45) is 8.79. The van der Waals surface area contributed by atoms with E-state index in [2.05, 4.69) is 37.5 Å². The third-order valence-corrected chi connectivity index (χ3v) is 12.5. The monoisotopic (exact) mass is 919 g/mol. The zero-order valence-corrected chi connectivity index (χ0v) is 40.5. The number of carbonyl (C=O) groups is 3. The molecule has 0 aromatic heterocycles. The molecule has 0 saturated carbocycles. The Morgan fingerprint density at radius 2 is 1.59 bits per heavy atom. The Bertz CT molecular complexity index is 2500. The number of carbonyl (C=O) groups excluding carboxylic acids is 3. The van der Waals surface area contributed by atoms with E-state index in [0.717, 1.165) is 16.5 Å². The summed E-state index contributed by atoms with van der Waals surface area (Å²) in [6.45, 7) is 10.6. The minimum atomic E-state index is -4.89. The van der Waals surface area contributed by atoms with Crippen molar-refractivity contribution in [3.63, 3.8) is 0 Å². The molecule has 0 N–H and O–H groups in total. The molecule has 5 rings (SSSR count). The van der Waals surface area contributed by atoms with E-state index in [1.807, 2.05) is 18.2 Å². The molecule has 1 fully saturated rings. The van der Waals surface area contributed by atoms with Gasteiger partial charge in [-0.3, -0.25) is 9.59 Å². The van der Waals surface area contributed by atoms with Gasteiger partial charge in [-0.1, -0.05) is 39.0 Å². The van der Waals surface area contributed by atoms with Crippen LogP contribution in [-0.2, 0) is 59.8 Å². The van der Waals surface area contributed by atoms with E-state index in [-0.39, 0.29) is 80.0 Å². The Balaban J connectivity index is 0.00000871. The van der Waals surface area contributed by atoms with Gasteiger partial charge < -0.3 is 32.7 Å². The number of fused-ring (bicyclic) bond motifs is 2. The van der Waals surface area contributed by atoms with E-state index in [1.165, 1.54) is 18.2 Å². The Morgan fingerprint density at radius 1 is 0.921 bits per heavy atom. The molecule has 1 atom stereocenters. The van der Waals surface area contributed by atoms with Crippen molar-refractivity contribution in [2.24, 2.45) is 0 Å². The van der Waals surface area contributed by atoms with E-state index in [0.29, 0.717) is 59.8 Å². The number of rotatable bonds is 19. The molecule has 3 heterocycles. The minimum Gasteiger partial charge on any atom is -0.748 e. The van der Waals surface area contributed by atoms with Crippen LogP contribution in [0.3, 0.4) is 0 Å². The van der Waals surface area contributed by atoms with Crippen LogP contribution in [0.2, 0.25) is 0 Å². The molecule has 4 aliphatic rings. The van der Waals surface area contributed by atoms with Crippen LogP contribution in [0.1, 0.15) is 83.1 Å². The molecule has 336 valence electrons. The Morgan fingerprint density at radius 3 is 2.19 bits per heavy atom. The van der Waals surface area contributed by atoms with Crippen molar-refractivity contribution in [1.82, 2.24) is 9.64 Å². The fraction of sp³-hybridized carbons (Fsp3) is 0.455. The molecule has 1 saturated heterocycles. The summed E-state index contributed by atoms with van der Waals surface area (Å²) in [5, 5.41) is 1.42. The number of amides is 2. The Hall–Kier alpha value is -3.98. The number of hydrogen-bond donors (Lipinski definition) is 0. The van der Waals surface area contributed by atoms with Crippen LogP contribution in [0.15, 0.2) is 81.8 Å². The van der Waals surface area contributed by atoms with Crippen LogP contribution in [0, 0.1) is 0 Å². The van der Waals surface area contributed by atoms with Gasteiger partial charge in [-0.15, -0.1) is 5.06 Å². The number of ether oxygens (including phenoxy) is 2. The fourth-order valence-electron chi connectivity index (χ4n) is 7.71. The standard InChI is InChI=1S/C44H55N3O13S2.Na/c1-43(2,3)35-29-32(59-38-28-31(15-17-34(35)38)45(23-25-57-5)24-26-58-6)12-8-7-9-13-39-44(4,21-10-14-42(50)60-47-40(48)19-20-41(47)49)36-30-33(62(54,55)56)16-18-37(36)46(39)22-11-27-61(51,52)53;/h7-9,12-13,15-18,28-30H,10-11,14,19-27H2,1-6H3,(H-,51,52,53,54,55,56);/q;+1/p-1. The molecule has 1 aliphatic carbocycles. The van der Waals surface area contributed by atoms with Crippen molar-refractivity contribution in [2.45, 2.75) is 81.9 Å². The zero-order chi connectivity index (χ0) is 45.5. The van der Waals surface area contributed by atoms with Gasteiger partial charge in [0.2, 0.25) is 5.36 Å². The second kappa shape index (κ2) is 21.8. The minimum absolute atomic E-state index is 0. The van der Waals surface area contributed by atoms with Gasteiger partial charge >= 0.3 is 35.5 Å². The van der Waals surface area contributed by atoms with Crippen LogP contribution >= 0.6 is 0 Å². The van der Waals surface area contributed by atoms with E-state index >= 15 is 0 Å². The number of allylic oxidation sites excluding steroid dienone is 5. The maximum absolute atomic E-state index is 12.8. The topological polar surface area (TPSA) is 216 Å². The van der Waals surface area contributed by atoms with Gasteiger partial charge in [0.1, 0.15) is 34.9 Å². The molecule has 16 nitrogen and oxygen atoms in total. The smallest absolute Gasteiger partial charge is 0.748 e. The molecular weight excluding hydrogens is 866 g/mol. The maximum Gasteiger partial charge on any atom is 1.00 e. The van der Waals surface area contributed by atoms with Crippen molar-refractivity contribution >= 4 is 49.8 Å². The van der Waals surface area contributed by atoms with Crippen molar-refractivity contribution in [3.8, 4) is 11.3 Å². The van der Waals surface area contributed by atoms with E-state index in [4.69, 9.17) is 18.7 Å². The first-order valence-corrected chi connectivity index (χ1v) is 23.2. The van der Waals surface area contributed by atoms with Gasteiger partial charge in [0, 0.05) is 74.2 Å². The Labute approximate surface area is 391 Å². The quantitative estimate of drug-likeness (QED) is 0.0549. The van der Waals surface area contributed by atoms with Crippen molar-refractivity contribution < 1.29 is 88.6 Å². The molecule has 1 aromatic rings. The number of hydroxylamine groups is 2. The van der Waals surface area contributed by atoms with Gasteiger partial charge in [-0.05, 0) is 85.2 Å². The first-order chi connectivity index (χ1) is 29.2. The summed E-state index contributed by atoms with van der Waals surface area (Å²) in [5.41, 5.74) is 2.25. The van der Waals surface area contributed by atoms with Crippen LogP contribution < -0.4 is 44.4 Å². The number of methoxy groups -OCH3 is 2. The second-order valence-electron chi connectivity index (χ2n) is 16.4. The summed E-state index contributed by atoms with van der Waals surface area (Å²) in [4.78, 5) is 43.1. The van der Waals surface area contributed by atoms with Gasteiger partial charge in [0.15, 0.2) is 13.1 Å². The predicted octanol–water partition coefficient (Wildman–Crippen LogP) is 1.60. The van der Waals surface area contributed by atoms with Crippen molar-refractivity contribution in [1.29, 1.82) is 0 Å². The first kappa shape index (κ1) is 51.7. The molecular formula is C44H54N3NaO13S2. The maximum atomic E-state index is 12.8. The number of nitrogens with zero attached hydrogens (tertiary/aromatic N) is 3. The number of anilines is 1. The molecule has 0 radical (unpaired) electrons. The normalized spacial score (nSPS) is 17.7. The van der Waals surface area contributed by atoms with Crippen molar-refractivity contribution in [2.75, 3.05) is 57.7 Å². The third-order valence-electron chi connectivity index (χ3n) is 10.8. The summed E-state index contributed by atoms with van der Waals surface area (Å²) < 4.78 is 90.7. The summed E-state index contributed by atoms with van der Waals surface area (Å²) in [6, 6.07) is 12.0. The summed E-state index contributed by atoms with van der Waals surface area (Å²) in [5.74, 6) is -1.43. The molecule has 3 aliphatic heterocycles. The first-order valence-electron chi connectivity index (χ1n) is 20.2. The Kier molecular flexibility index (Phi) is 17.9. The SMILES string of the molecule is COCC[N+](CCOC)=c1ccc2c(C(C)(C)C)cc(/C=C/C=C/C=C3/N(CCCS(=O)(=O)[O-])c4ccc(S(=O)(=O)[O-])cc4C3(C)CCCC(=O)ON3C(=O)CCC3=O)oc-2c1.[Na+]. The number of hydrogen-bond acceptors (Lipinski definition) is 14. The average molecular weight is 920 g/mol. The summed E-state index contributed by atoms with van der Waals surface area (Å²) in [7, 11) is -6.14. The third kappa shape index (κ3) is 13.3. The van der Waals surface area contributed by atoms with Gasteiger partial charge in [0.05, 0.1) is 21.1 Å². The van der Waals surface area contributed by atoms with E-state index < -0.39 is 54.1 Å². The molecule has 2 amide bonds. The molecule has 0 bridgehead atoms. The van der Waals surface area contributed by atoms with Gasteiger partial charge in [0.25, 0.3) is 11.8 Å². The summed E-state index contributed by atoms with van der Waals surface area (Å²) >= 11 is 0. The van der Waals surface area contributed by atoms with Crippen LogP contribution in [-0.4, -0.2) is 102 Å². The van der Waals surface area contributed by atoms with Crippen molar-refractivity contribution in [3.05, 3.63) is 94.7 Å². The molecule has 1 unspecified atom stereocenters. The predicted molar refractivity (Wildman–Crippen MR) is 228 cm³/mol. The van der Waals surface area contributed by atoms with E-state index in [1.54, 1.807) is 50.3 Å². The number of imide groups is 1. The zero-order valence-electron chi connectivity index (χ0n) is 36.9.